The lowest BCUT2D eigenvalue weighted by atomic mass is 10.0. The molecule has 2 aliphatic rings. The molecule has 192 valence electrons. The fourth-order valence-corrected chi connectivity index (χ4v) is 5.43. The van der Waals surface area contributed by atoms with Crippen LogP contribution < -0.4 is 26.0 Å². The van der Waals surface area contributed by atoms with E-state index in [1.165, 1.54) is 43.5 Å². The maximum atomic E-state index is 15.0. The highest BCUT2D eigenvalue weighted by Gasteiger charge is 2.32. The first-order valence-corrected chi connectivity index (χ1v) is 14.2. The third-order valence-corrected chi connectivity index (χ3v) is 7.24. The summed E-state index contributed by atoms with van der Waals surface area (Å²) in [7, 11) is 0. The highest BCUT2D eigenvalue weighted by atomic mass is 32.2. The van der Waals surface area contributed by atoms with Crippen molar-refractivity contribution in [1.82, 2.24) is 20.3 Å². The Morgan fingerprint density at radius 3 is 2.63 bits per heavy atom. The van der Waals surface area contributed by atoms with Crippen LogP contribution in [0.4, 0.5) is 27.9 Å². The van der Waals surface area contributed by atoms with E-state index < -0.39 is 5.82 Å². The molecule has 0 radical (unpaired) electrons. The molecule has 0 spiro atoms. The number of anilines is 4. The molecule has 2 atom stereocenters. The van der Waals surface area contributed by atoms with Crippen LogP contribution in [0.15, 0.2) is 18.2 Å². The van der Waals surface area contributed by atoms with Gasteiger partial charge in [-0.3, -0.25) is 0 Å². The van der Waals surface area contributed by atoms with Crippen LogP contribution in [0.25, 0.3) is 0 Å². The molecular formula is C25H38FN7OS. The van der Waals surface area contributed by atoms with E-state index in [1.54, 1.807) is 6.07 Å². The van der Waals surface area contributed by atoms with Gasteiger partial charge in [0.1, 0.15) is 5.94 Å². The summed E-state index contributed by atoms with van der Waals surface area (Å²) in [5.41, 5.74) is 6.85. The Kier molecular flexibility index (Phi) is 9.25. The van der Waals surface area contributed by atoms with Crippen LogP contribution in [0.1, 0.15) is 64.7 Å². The van der Waals surface area contributed by atoms with Crippen molar-refractivity contribution in [3.8, 4) is 5.75 Å². The first-order chi connectivity index (χ1) is 17.1. The second-order valence-electron chi connectivity index (χ2n) is 9.36. The molecule has 35 heavy (non-hydrogen) atoms. The van der Waals surface area contributed by atoms with Crippen molar-refractivity contribution >= 4 is 35.3 Å². The third-order valence-electron chi connectivity index (χ3n) is 6.88. The van der Waals surface area contributed by atoms with Crippen LogP contribution in [0.5, 0.6) is 5.75 Å². The lowest BCUT2D eigenvalue weighted by Crippen LogP contribution is -2.46. The van der Waals surface area contributed by atoms with Crippen molar-refractivity contribution in [2.75, 3.05) is 34.7 Å². The predicted octanol–water partition coefficient (Wildman–Crippen LogP) is 5.10. The van der Waals surface area contributed by atoms with Gasteiger partial charge in [-0.2, -0.15) is 15.0 Å². The van der Waals surface area contributed by atoms with E-state index in [2.05, 4.69) is 27.5 Å². The molecule has 8 nitrogen and oxygen atoms in total. The summed E-state index contributed by atoms with van der Waals surface area (Å²) in [6, 6.07) is 5.65. The van der Waals surface area contributed by atoms with Gasteiger partial charge in [-0.05, 0) is 57.0 Å². The van der Waals surface area contributed by atoms with Crippen LogP contribution in [-0.2, 0) is 0 Å². The zero-order valence-electron chi connectivity index (χ0n) is 20.8. The van der Waals surface area contributed by atoms with Crippen LogP contribution in [0.3, 0.4) is 0 Å². The van der Waals surface area contributed by atoms with E-state index in [0.717, 1.165) is 38.6 Å². The molecule has 2 heterocycles. The molecule has 0 amide bonds. The summed E-state index contributed by atoms with van der Waals surface area (Å²) >= 11 is 1.50. The van der Waals surface area contributed by atoms with E-state index in [0.29, 0.717) is 29.6 Å². The Bertz CT molecular complexity index is 951. The molecule has 1 saturated heterocycles. The molecule has 1 aromatic heterocycles. The fraction of sp³-hybridized carbons (Fsp3) is 0.640. The van der Waals surface area contributed by atoms with Crippen LogP contribution in [0, 0.1) is 5.82 Å². The normalized spacial score (nSPS) is 19.8. The molecule has 2 aromatic rings. The zero-order chi connectivity index (χ0) is 24.6. The molecule has 2 fully saturated rings. The highest BCUT2D eigenvalue weighted by molar-refractivity contribution is 7.98. The van der Waals surface area contributed by atoms with E-state index in [-0.39, 0.29) is 23.8 Å². The van der Waals surface area contributed by atoms with Crippen molar-refractivity contribution in [3.63, 3.8) is 0 Å². The van der Waals surface area contributed by atoms with Gasteiger partial charge in [0.25, 0.3) is 0 Å². The smallest absolute Gasteiger partial charge is 0.236 e. The van der Waals surface area contributed by atoms with E-state index in [9.17, 15) is 0 Å². The lowest BCUT2D eigenvalue weighted by molar-refractivity contribution is 0.368. The molecule has 1 aliphatic carbocycles. The molecule has 10 heteroatoms. The van der Waals surface area contributed by atoms with Gasteiger partial charge in [0, 0.05) is 23.8 Å². The van der Waals surface area contributed by atoms with Gasteiger partial charge in [-0.25, -0.2) is 4.39 Å². The number of aromatic nitrogens is 3. The third kappa shape index (κ3) is 6.67. The maximum absolute atomic E-state index is 15.0. The van der Waals surface area contributed by atoms with Crippen LogP contribution in [-0.4, -0.2) is 51.8 Å². The predicted molar refractivity (Wildman–Crippen MR) is 142 cm³/mol. The fourth-order valence-electron chi connectivity index (χ4n) is 5.18. The molecule has 4 rings (SSSR count). The number of hydrogen-bond donors (Lipinski definition) is 3. The maximum Gasteiger partial charge on any atom is 0.236 e. The minimum atomic E-state index is -0.408. The monoisotopic (exact) mass is 503 g/mol. The molecule has 1 saturated carbocycles. The molecule has 0 bridgehead atoms. The van der Waals surface area contributed by atoms with Gasteiger partial charge in [0.15, 0.2) is 11.6 Å². The summed E-state index contributed by atoms with van der Waals surface area (Å²) in [5, 5.41) is 7.10. The number of hydrogen-bond acceptors (Lipinski definition) is 9. The number of nitrogens with one attached hydrogen (secondary N) is 2. The van der Waals surface area contributed by atoms with Crippen molar-refractivity contribution in [1.29, 1.82) is 0 Å². The standard InChI is InChI=1S/C25H38FN7OS/c1-3-21(20-11-8-14-28-20)33(18-12-13-22(19(26)15-18)34-16-35-2)25-31-23(27)30-24(32-25)29-17-9-6-4-5-7-10-17/h12-13,15,17,20-21,28H,3-11,14,16H2,1-2H3,(H3,27,29,30,31,32). The van der Waals surface area contributed by atoms with Crippen molar-refractivity contribution in [3.05, 3.63) is 24.0 Å². The number of rotatable bonds is 10. The quantitative estimate of drug-likeness (QED) is 0.302. The Morgan fingerprint density at radius 2 is 1.97 bits per heavy atom. The first kappa shape index (κ1) is 25.8. The topological polar surface area (TPSA) is 101 Å². The molecule has 4 N–H and O–H groups in total. The minimum absolute atomic E-state index is 0.0300. The molecule has 2 unspecified atom stereocenters. The Labute approximate surface area is 212 Å². The summed E-state index contributed by atoms with van der Waals surface area (Å²) in [5.74, 6) is 1.30. The summed E-state index contributed by atoms with van der Waals surface area (Å²) in [6.07, 6.45) is 12.0. The number of halogens is 1. The van der Waals surface area contributed by atoms with E-state index in [1.807, 2.05) is 17.2 Å². The largest absolute Gasteiger partial charge is 0.480 e. The van der Waals surface area contributed by atoms with Gasteiger partial charge in [-0.15, -0.1) is 11.8 Å². The summed E-state index contributed by atoms with van der Waals surface area (Å²) in [6.45, 7) is 3.11. The second-order valence-corrected chi connectivity index (χ2v) is 10.2. The van der Waals surface area contributed by atoms with Gasteiger partial charge < -0.3 is 26.0 Å². The van der Waals surface area contributed by atoms with E-state index in [4.69, 9.17) is 15.5 Å². The molecule has 1 aliphatic heterocycles. The van der Waals surface area contributed by atoms with Gasteiger partial charge in [0.2, 0.25) is 17.8 Å². The minimum Gasteiger partial charge on any atom is -0.480 e. The Morgan fingerprint density at radius 1 is 1.17 bits per heavy atom. The van der Waals surface area contributed by atoms with Gasteiger partial charge in [0.05, 0.1) is 6.04 Å². The van der Waals surface area contributed by atoms with Crippen molar-refractivity contribution in [2.24, 2.45) is 0 Å². The Hall–Kier alpha value is -2.33. The van der Waals surface area contributed by atoms with Crippen molar-refractivity contribution < 1.29 is 9.13 Å². The number of benzene rings is 1. The van der Waals surface area contributed by atoms with Gasteiger partial charge in [-0.1, -0.05) is 32.6 Å². The second kappa shape index (κ2) is 12.6. The number of nitrogens with two attached hydrogens (primary N) is 1. The number of ether oxygens (including phenoxy) is 1. The summed E-state index contributed by atoms with van der Waals surface area (Å²) < 4.78 is 20.6. The average molecular weight is 504 g/mol. The van der Waals surface area contributed by atoms with Crippen LogP contribution in [0.2, 0.25) is 0 Å². The van der Waals surface area contributed by atoms with Gasteiger partial charge >= 0.3 is 0 Å². The lowest BCUT2D eigenvalue weighted by Gasteiger charge is -2.35. The summed E-state index contributed by atoms with van der Waals surface area (Å²) in [4.78, 5) is 15.7. The molecule has 1 aromatic carbocycles. The highest BCUT2D eigenvalue weighted by Crippen LogP contribution is 2.34. The SMILES string of the molecule is CCC(C1CCCN1)N(c1ccc(OCSC)c(F)c1)c1nc(N)nc(NC2CCCCCC2)n1. The van der Waals surface area contributed by atoms with Crippen molar-refractivity contribution in [2.45, 2.75) is 82.8 Å². The number of nitrogen functional groups attached to an aromatic ring is 1. The van der Waals surface area contributed by atoms with Crippen LogP contribution >= 0.6 is 11.8 Å². The number of thioether (sulfide) groups is 1. The Balaban J connectivity index is 1.69. The van der Waals surface area contributed by atoms with E-state index >= 15 is 4.39 Å². The zero-order valence-corrected chi connectivity index (χ0v) is 21.6. The molecular weight excluding hydrogens is 465 g/mol. The average Bonchev–Trinajstić information content (AvgIpc) is 3.25. The number of nitrogens with zero attached hydrogens (tertiary/aromatic N) is 4. The first-order valence-electron chi connectivity index (χ1n) is 12.8.